The Balaban J connectivity index is 0.000000483. The van der Waals surface area contributed by atoms with E-state index in [-0.39, 0.29) is 93.5 Å². The molecule has 0 aliphatic rings. The van der Waals surface area contributed by atoms with Gasteiger partial charge < -0.3 is 15.8 Å². The normalized spacial score (nSPS) is 12.9. The van der Waals surface area contributed by atoms with Gasteiger partial charge in [0.25, 0.3) is 0 Å². The van der Waals surface area contributed by atoms with Gasteiger partial charge in [0.15, 0.2) is 0 Å². The highest BCUT2D eigenvalue weighted by Gasteiger charge is 2.27. The summed E-state index contributed by atoms with van der Waals surface area (Å²) in [6.45, 7) is 22.4. The smallest absolute Gasteiger partial charge is 0.407 e. The van der Waals surface area contributed by atoms with Gasteiger partial charge in [0.05, 0.1) is 34.5 Å². The minimum Gasteiger partial charge on any atom is -0.444 e. The van der Waals surface area contributed by atoms with Crippen LogP contribution in [-0.2, 0) is 50.7 Å². The van der Waals surface area contributed by atoms with Gasteiger partial charge in [-0.2, -0.15) is 10.2 Å². The Hall–Kier alpha value is -3.88. The molecular formula is C49H73Cl3F2N8O6S2. The van der Waals surface area contributed by atoms with E-state index >= 15 is 4.39 Å². The van der Waals surface area contributed by atoms with Crippen molar-refractivity contribution in [1.29, 1.82) is 0 Å². The van der Waals surface area contributed by atoms with Crippen LogP contribution in [0, 0.1) is 0 Å². The van der Waals surface area contributed by atoms with Gasteiger partial charge in [-0.3, -0.25) is 9.36 Å². The van der Waals surface area contributed by atoms with Crippen LogP contribution in [-0.4, -0.2) is 98.0 Å². The summed E-state index contributed by atoms with van der Waals surface area (Å²) in [6, 6.07) is 9.73. The van der Waals surface area contributed by atoms with Crippen molar-refractivity contribution < 1.29 is 35.1 Å². The van der Waals surface area contributed by atoms with E-state index in [1.54, 1.807) is 45.0 Å². The van der Waals surface area contributed by atoms with Crippen molar-refractivity contribution in [3.05, 3.63) is 115 Å². The summed E-state index contributed by atoms with van der Waals surface area (Å²) in [5.41, 5.74) is 11.6. The lowest BCUT2D eigenvalue weighted by Gasteiger charge is -2.19. The van der Waals surface area contributed by atoms with Crippen molar-refractivity contribution >= 4 is 61.7 Å². The summed E-state index contributed by atoms with van der Waals surface area (Å²) in [7, 11) is -1.47. The van der Waals surface area contributed by atoms with Gasteiger partial charge in [-0.05, 0) is 92.0 Å². The first kappa shape index (κ1) is 62.2. The van der Waals surface area contributed by atoms with E-state index in [1.807, 2.05) is 64.8 Å². The number of rotatable bonds is 19. The number of carbonyl (C=O) groups excluding carboxylic acids is 1. The number of nitrogens with one attached hydrogen (secondary N) is 1. The van der Waals surface area contributed by atoms with Crippen LogP contribution in [0.3, 0.4) is 0 Å². The molecule has 0 fully saturated rings. The van der Waals surface area contributed by atoms with Gasteiger partial charge in [-0.1, -0.05) is 90.7 Å². The second kappa shape index (κ2) is 26.2. The molecule has 0 aliphatic heterocycles. The van der Waals surface area contributed by atoms with Crippen LogP contribution in [0.1, 0.15) is 145 Å². The van der Waals surface area contributed by atoms with Crippen LogP contribution in [0.2, 0.25) is 10.0 Å². The molecule has 0 aliphatic carbocycles. The number of allylic oxidation sites excluding steroid dienone is 2. The lowest BCUT2D eigenvalue weighted by Crippen LogP contribution is -2.32. The van der Waals surface area contributed by atoms with E-state index in [1.165, 1.54) is 52.5 Å². The fourth-order valence-corrected chi connectivity index (χ4v) is 10.4. The number of carbonyl (C=O) groups is 1. The molecule has 3 N–H and O–H groups in total. The Morgan fingerprint density at radius 3 is 1.39 bits per heavy atom. The molecule has 4 aromatic rings. The molecule has 0 bridgehead atoms. The van der Waals surface area contributed by atoms with Crippen molar-refractivity contribution in [2.24, 2.45) is 5.73 Å². The summed E-state index contributed by atoms with van der Waals surface area (Å²) in [4.78, 5) is 11.9. The average molecular weight is 1080 g/mol. The minimum absolute atomic E-state index is 0. The predicted octanol–water partition coefficient (Wildman–Crippen LogP) is 10.9. The fraction of sp³-hybridized carbons (Fsp3) is 0.531. The number of halogens is 5. The molecule has 70 heavy (non-hydrogen) atoms. The highest BCUT2D eigenvalue weighted by atomic mass is 35.5. The molecule has 4 rings (SSSR count). The molecule has 2 aromatic carbocycles. The number of benzene rings is 2. The Morgan fingerprint density at radius 2 is 1.09 bits per heavy atom. The van der Waals surface area contributed by atoms with Crippen molar-refractivity contribution in [2.45, 2.75) is 141 Å². The number of ether oxygens (including phenoxy) is 1. The Kier molecular flexibility index (Phi) is 23.3. The SMILES string of the molecule is CC(C)c1nn(Cc2ccc(S(=O)(=O)N(C)C)c(Cl)c2)c(C(C)C)c1C/C(F)=C/CN.CC(C)c1nn(Cc2ccc(S(=O)(=O)N(C)C)c(Cl)c2)c(C(C)C)c1C/C(F)=C/CNC(=O)OC(C)(C)C.Cl. The summed E-state index contributed by atoms with van der Waals surface area (Å²) in [5.74, 6) is -0.327. The maximum atomic E-state index is 15.0. The third kappa shape index (κ3) is 16.6. The first-order valence-electron chi connectivity index (χ1n) is 22.8. The zero-order valence-corrected chi connectivity index (χ0v) is 47.1. The van der Waals surface area contributed by atoms with Gasteiger partial charge in [-0.15, -0.1) is 12.4 Å². The monoisotopic (exact) mass is 1080 g/mol. The lowest BCUT2D eigenvalue weighted by atomic mass is 9.96. The number of nitrogens with zero attached hydrogens (tertiary/aromatic N) is 6. The van der Waals surface area contributed by atoms with E-state index in [2.05, 4.69) is 5.32 Å². The molecule has 0 spiro atoms. The van der Waals surface area contributed by atoms with Gasteiger partial charge in [-0.25, -0.2) is 39.0 Å². The molecule has 14 nitrogen and oxygen atoms in total. The molecule has 2 aromatic heterocycles. The maximum absolute atomic E-state index is 15.0. The minimum atomic E-state index is -3.67. The summed E-state index contributed by atoms with van der Waals surface area (Å²) in [6.07, 6.45) is 2.30. The molecule has 2 heterocycles. The van der Waals surface area contributed by atoms with Crippen LogP contribution < -0.4 is 11.1 Å². The summed E-state index contributed by atoms with van der Waals surface area (Å²) < 4.78 is 90.4. The molecule has 1 amide bonds. The van der Waals surface area contributed by atoms with Gasteiger partial charge in [0, 0.05) is 76.6 Å². The number of hydrogen-bond donors (Lipinski definition) is 2. The number of sulfonamides is 2. The quantitative estimate of drug-likeness (QED) is 0.0926. The van der Waals surface area contributed by atoms with Gasteiger partial charge in [0.2, 0.25) is 20.0 Å². The molecule has 0 saturated heterocycles. The number of nitrogens with two attached hydrogens (primary N) is 1. The first-order chi connectivity index (χ1) is 31.8. The van der Waals surface area contributed by atoms with Crippen LogP contribution in [0.4, 0.5) is 13.6 Å². The Labute approximate surface area is 431 Å². The van der Waals surface area contributed by atoms with E-state index in [9.17, 15) is 26.0 Å². The Morgan fingerprint density at radius 1 is 0.714 bits per heavy atom. The second-order valence-electron chi connectivity index (χ2n) is 19.3. The van der Waals surface area contributed by atoms with Crippen molar-refractivity contribution in [1.82, 2.24) is 33.5 Å². The van der Waals surface area contributed by atoms with E-state index in [0.29, 0.717) is 13.1 Å². The van der Waals surface area contributed by atoms with E-state index < -0.39 is 31.7 Å². The third-order valence-electron chi connectivity index (χ3n) is 10.6. The van der Waals surface area contributed by atoms with Crippen LogP contribution >= 0.6 is 35.6 Å². The summed E-state index contributed by atoms with van der Waals surface area (Å²) in [5, 5.41) is 12.4. The topological polar surface area (TPSA) is 175 Å². The van der Waals surface area contributed by atoms with E-state index in [0.717, 1.165) is 53.6 Å². The molecular weight excluding hydrogens is 1010 g/mol. The molecule has 21 heteroatoms. The number of hydrogen-bond acceptors (Lipinski definition) is 9. The number of aromatic nitrogens is 4. The fourth-order valence-electron chi connectivity index (χ4n) is 7.50. The van der Waals surface area contributed by atoms with Gasteiger partial charge in [0.1, 0.15) is 27.0 Å². The number of amides is 1. The molecule has 0 radical (unpaired) electrons. The third-order valence-corrected chi connectivity index (χ3v) is 15.2. The van der Waals surface area contributed by atoms with Crippen LogP contribution in [0.5, 0.6) is 0 Å². The highest BCUT2D eigenvalue weighted by molar-refractivity contribution is 7.89. The predicted molar refractivity (Wildman–Crippen MR) is 280 cm³/mol. The van der Waals surface area contributed by atoms with Crippen molar-refractivity contribution in [3.8, 4) is 0 Å². The second-order valence-corrected chi connectivity index (χ2v) is 24.4. The van der Waals surface area contributed by atoms with Crippen LogP contribution in [0.25, 0.3) is 0 Å². The standard InChI is InChI=1S/C27H40ClFN4O4S.C22H32ClFN4O2S.ClH/c1-17(2)24-21(15-20(29)12-13-30-26(34)37-27(5,6)7)25(18(3)4)33(31-24)16-19-10-11-23(22(28)14-19)38(35,36)32(8)9;1-14(2)21-18(12-17(24)9-10-25)22(15(3)4)28(26-21)13-16-7-8-20(19(23)11-16)31(29,30)27(5)6;/h10-12,14,17-18H,13,15-16H2,1-9H3,(H,30,34);7-9,11,14-15H,10,12-13,25H2,1-6H3;1H/b20-12-;17-9-;. The number of alkyl carbamates (subject to hydrolysis) is 1. The van der Waals surface area contributed by atoms with Crippen molar-refractivity contribution in [2.75, 3.05) is 41.3 Å². The maximum Gasteiger partial charge on any atom is 0.407 e. The van der Waals surface area contributed by atoms with E-state index in [4.69, 9.17) is 43.9 Å². The Bertz CT molecular complexity index is 2710. The zero-order chi connectivity index (χ0) is 52.5. The molecule has 0 saturated carbocycles. The first-order valence-corrected chi connectivity index (χ1v) is 26.4. The lowest BCUT2D eigenvalue weighted by molar-refractivity contribution is 0.0533. The highest BCUT2D eigenvalue weighted by Crippen LogP contribution is 2.34. The van der Waals surface area contributed by atoms with Crippen LogP contribution in [0.15, 0.2) is 70.0 Å². The molecule has 392 valence electrons. The summed E-state index contributed by atoms with van der Waals surface area (Å²) >= 11 is 12.7. The largest absolute Gasteiger partial charge is 0.444 e. The van der Waals surface area contributed by atoms with Gasteiger partial charge >= 0.3 is 6.09 Å². The van der Waals surface area contributed by atoms with Crippen molar-refractivity contribution in [3.63, 3.8) is 0 Å². The molecule has 0 unspecified atom stereocenters. The molecule has 0 atom stereocenters. The zero-order valence-electron chi connectivity index (χ0n) is 43.1. The average Bonchev–Trinajstić information content (AvgIpc) is 3.75.